The third-order valence-electron chi connectivity index (χ3n) is 3.21. The quantitative estimate of drug-likeness (QED) is 0.935. The summed E-state index contributed by atoms with van der Waals surface area (Å²) in [5.41, 5.74) is 0.921. The zero-order valence-corrected chi connectivity index (χ0v) is 13.5. The molecule has 0 aliphatic carbocycles. The van der Waals surface area contributed by atoms with Crippen molar-refractivity contribution in [2.24, 2.45) is 0 Å². The second-order valence-electron chi connectivity index (χ2n) is 4.91. The van der Waals surface area contributed by atoms with Gasteiger partial charge >= 0.3 is 0 Å². The van der Waals surface area contributed by atoms with Gasteiger partial charge in [0.25, 0.3) is 0 Å². The van der Waals surface area contributed by atoms with E-state index in [4.69, 9.17) is 4.74 Å². The van der Waals surface area contributed by atoms with Crippen molar-refractivity contribution < 1.29 is 9.53 Å². The van der Waals surface area contributed by atoms with Crippen LogP contribution in [0.3, 0.4) is 0 Å². The molecule has 1 aliphatic heterocycles. The zero-order chi connectivity index (χ0) is 14.8. The van der Waals surface area contributed by atoms with Crippen LogP contribution >= 0.6 is 22.7 Å². The van der Waals surface area contributed by atoms with E-state index in [-0.39, 0.29) is 12.0 Å². The highest BCUT2D eigenvalue weighted by Gasteiger charge is 2.22. The normalized spacial score (nSPS) is 18.1. The van der Waals surface area contributed by atoms with Crippen LogP contribution in [0, 0.1) is 13.8 Å². The molecule has 0 bridgehead atoms. The fourth-order valence-corrected chi connectivity index (χ4v) is 4.01. The summed E-state index contributed by atoms with van der Waals surface area (Å²) in [5.74, 6) is -0.0863. The molecule has 0 aromatic carbocycles. The molecule has 2 aromatic rings. The smallest absolute Gasteiger partial charge is 0.231 e. The maximum atomic E-state index is 12.0. The van der Waals surface area contributed by atoms with Crippen LogP contribution < -0.4 is 5.32 Å². The van der Waals surface area contributed by atoms with Gasteiger partial charge < -0.3 is 10.1 Å². The third kappa shape index (κ3) is 3.45. The molecule has 1 N–H and O–H groups in total. The number of thiazole rings is 1. The van der Waals surface area contributed by atoms with Crippen molar-refractivity contribution in [3.63, 3.8) is 0 Å². The first-order valence-electron chi connectivity index (χ1n) is 6.79. The van der Waals surface area contributed by atoms with Crippen molar-refractivity contribution in [1.82, 2.24) is 15.2 Å². The van der Waals surface area contributed by atoms with E-state index >= 15 is 0 Å². The number of anilines is 1. The molecule has 0 spiro atoms. The fourth-order valence-electron chi connectivity index (χ4n) is 2.23. The lowest BCUT2D eigenvalue weighted by Crippen LogP contribution is -2.14. The van der Waals surface area contributed by atoms with E-state index in [9.17, 15) is 4.79 Å². The van der Waals surface area contributed by atoms with Crippen LogP contribution in [0.25, 0.3) is 0 Å². The number of amides is 1. The summed E-state index contributed by atoms with van der Waals surface area (Å²) in [6.07, 6.45) is 2.39. The molecule has 1 amide bonds. The number of ether oxygens (including phenoxy) is 1. The van der Waals surface area contributed by atoms with Crippen LogP contribution in [0.4, 0.5) is 5.13 Å². The number of aromatic nitrogens is 3. The van der Waals surface area contributed by atoms with Crippen molar-refractivity contribution in [2.45, 2.75) is 39.2 Å². The van der Waals surface area contributed by atoms with Crippen molar-refractivity contribution >= 4 is 33.7 Å². The Hall–Kier alpha value is -1.38. The molecule has 0 radical (unpaired) electrons. The first kappa shape index (κ1) is 14.6. The number of carbonyl (C=O) groups is 1. The SMILES string of the molecule is Cc1nc(C)c(CC(=O)Nc2nnc([C@@H]3CCCO3)s2)s1. The molecule has 3 heterocycles. The molecule has 1 atom stereocenters. The topological polar surface area (TPSA) is 77.0 Å². The molecule has 112 valence electrons. The van der Waals surface area contributed by atoms with E-state index in [1.54, 1.807) is 11.3 Å². The maximum absolute atomic E-state index is 12.0. The highest BCUT2D eigenvalue weighted by molar-refractivity contribution is 7.15. The number of hydrogen-bond acceptors (Lipinski definition) is 7. The van der Waals surface area contributed by atoms with Crippen molar-refractivity contribution in [3.8, 4) is 0 Å². The zero-order valence-electron chi connectivity index (χ0n) is 11.9. The number of hydrogen-bond donors (Lipinski definition) is 1. The van der Waals surface area contributed by atoms with E-state index in [1.165, 1.54) is 11.3 Å². The van der Waals surface area contributed by atoms with Crippen LogP contribution in [-0.2, 0) is 16.0 Å². The summed E-state index contributed by atoms with van der Waals surface area (Å²) in [7, 11) is 0. The van der Waals surface area contributed by atoms with Crippen LogP contribution in [0.5, 0.6) is 0 Å². The van der Waals surface area contributed by atoms with Crippen LogP contribution in [-0.4, -0.2) is 27.7 Å². The van der Waals surface area contributed by atoms with Crippen molar-refractivity contribution in [1.29, 1.82) is 0 Å². The molecular weight excluding hydrogens is 308 g/mol. The van der Waals surface area contributed by atoms with E-state index in [0.29, 0.717) is 11.6 Å². The monoisotopic (exact) mass is 324 g/mol. The van der Waals surface area contributed by atoms with Gasteiger partial charge in [-0.1, -0.05) is 11.3 Å². The predicted octanol–water partition coefficient (Wildman–Crippen LogP) is 2.64. The Kier molecular flexibility index (Phi) is 4.27. The molecule has 1 fully saturated rings. The Morgan fingerprint density at radius 1 is 1.38 bits per heavy atom. The average Bonchev–Trinajstić information content (AvgIpc) is 3.11. The number of rotatable bonds is 4. The number of aryl methyl sites for hydroxylation is 2. The minimum atomic E-state index is -0.0863. The Morgan fingerprint density at radius 3 is 2.90 bits per heavy atom. The minimum Gasteiger partial charge on any atom is -0.371 e. The lowest BCUT2D eigenvalue weighted by Gasteiger charge is -2.02. The standard InChI is InChI=1S/C13H16N4O2S2/c1-7-10(20-8(2)14-7)6-11(18)15-13-17-16-12(21-13)9-4-3-5-19-9/h9H,3-6H2,1-2H3,(H,15,17,18)/t9-/m0/s1. The van der Waals surface area contributed by atoms with Crippen molar-refractivity contribution in [3.05, 3.63) is 20.6 Å². The Labute approximate surface area is 130 Å². The van der Waals surface area contributed by atoms with Crippen molar-refractivity contribution in [2.75, 3.05) is 11.9 Å². The van der Waals surface area contributed by atoms with Gasteiger partial charge in [-0.3, -0.25) is 4.79 Å². The summed E-state index contributed by atoms with van der Waals surface area (Å²) < 4.78 is 5.56. The summed E-state index contributed by atoms with van der Waals surface area (Å²) in [4.78, 5) is 17.4. The Bertz CT molecular complexity index is 646. The van der Waals surface area contributed by atoms with Crippen LogP contribution in [0.15, 0.2) is 0 Å². The first-order chi connectivity index (χ1) is 10.1. The van der Waals surface area contributed by atoms with Gasteiger partial charge in [0.2, 0.25) is 11.0 Å². The van der Waals surface area contributed by atoms with Crippen LogP contribution in [0.1, 0.15) is 39.5 Å². The Morgan fingerprint density at radius 2 is 2.24 bits per heavy atom. The van der Waals surface area contributed by atoms with E-state index in [1.807, 2.05) is 13.8 Å². The summed E-state index contributed by atoms with van der Waals surface area (Å²) in [6, 6.07) is 0. The second kappa shape index (κ2) is 6.17. The maximum Gasteiger partial charge on any atom is 0.231 e. The van der Waals surface area contributed by atoms with E-state index in [0.717, 1.165) is 40.0 Å². The number of nitrogens with one attached hydrogen (secondary N) is 1. The van der Waals surface area contributed by atoms with E-state index < -0.39 is 0 Å². The number of nitrogens with zero attached hydrogens (tertiary/aromatic N) is 3. The molecule has 8 heteroatoms. The molecule has 2 aromatic heterocycles. The molecule has 1 saturated heterocycles. The third-order valence-corrected chi connectivity index (χ3v) is 5.22. The lowest BCUT2D eigenvalue weighted by atomic mass is 10.2. The highest BCUT2D eigenvalue weighted by Crippen LogP contribution is 2.31. The Balaban J connectivity index is 1.61. The van der Waals surface area contributed by atoms with Gasteiger partial charge in [0.1, 0.15) is 11.1 Å². The van der Waals surface area contributed by atoms with Gasteiger partial charge in [-0.15, -0.1) is 21.5 Å². The minimum absolute atomic E-state index is 0.0412. The van der Waals surface area contributed by atoms with Crippen LogP contribution in [0.2, 0.25) is 0 Å². The summed E-state index contributed by atoms with van der Waals surface area (Å²) in [6.45, 7) is 4.64. The fraction of sp³-hybridized carbons (Fsp3) is 0.538. The van der Waals surface area contributed by atoms with E-state index in [2.05, 4.69) is 20.5 Å². The van der Waals surface area contributed by atoms with Gasteiger partial charge in [-0.2, -0.15) is 0 Å². The first-order valence-corrected chi connectivity index (χ1v) is 8.43. The average molecular weight is 324 g/mol. The van der Waals surface area contributed by atoms with Gasteiger partial charge in [-0.05, 0) is 26.7 Å². The second-order valence-corrected chi connectivity index (χ2v) is 7.21. The largest absolute Gasteiger partial charge is 0.371 e. The molecule has 6 nitrogen and oxygen atoms in total. The van der Waals surface area contributed by atoms with Gasteiger partial charge in [0.05, 0.1) is 17.1 Å². The summed E-state index contributed by atoms with van der Waals surface area (Å²) in [5, 5.41) is 13.3. The molecule has 21 heavy (non-hydrogen) atoms. The highest BCUT2D eigenvalue weighted by atomic mass is 32.1. The molecule has 1 aliphatic rings. The summed E-state index contributed by atoms with van der Waals surface area (Å²) >= 11 is 2.94. The molecule has 3 rings (SSSR count). The van der Waals surface area contributed by atoms with Gasteiger partial charge in [0.15, 0.2) is 0 Å². The predicted molar refractivity (Wildman–Crippen MR) is 81.8 cm³/mol. The lowest BCUT2D eigenvalue weighted by molar-refractivity contribution is -0.115. The molecular formula is C13H16N4O2S2. The van der Waals surface area contributed by atoms with Gasteiger partial charge in [0, 0.05) is 11.5 Å². The number of carbonyl (C=O) groups excluding carboxylic acids is 1. The van der Waals surface area contributed by atoms with Gasteiger partial charge in [-0.25, -0.2) is 4.98 Å². The molecule has 0 saturated carbocycles. The molecule has 0 unspecified atom stereocenters.